The van der Waals surface area contributed by atoms with Crippen LogP contribution in [-0.4, -0.2) is 61.3 Å². The van der Waals surface area contributed by atoms with Gasteiger partial charge in [-0.2, -0.15) is 0 Å². The van der Waals surface area contributed by atoms with Gasteiger partial charge in [0, 0.05) is 29.6 Å². The van der Waals surface area contributed by atoms with Crippen LogP contribution in [0.3, 0.4) is 0 Å². The molecule has 32 heavy (non-hydrogen) atoms. The number of anilines is 2. The third-order valence-corrected chi connectivity index (χ3v) is 6.38. The highest BCUT2D eigenvalue weighted by molar-refractivity contribution is 7.99. The zero-order valence-electron chi connectivity index (χ0n) is 18.1. The van der Waals surface area contributed by atoms with E-state index in [4.69, 9.17) is 10.1 Å². The van der Waals surface area contributed by atoms with Crippen molar-refractivity contribution in [1.29, 1.82) is 0 Å². The van der Waals surface area contributed by atoms with Crippen molar-refractivity contribution >= 4 is 35.2 Å². The van der Waals surface area contributed by atoms with Gasteiger partial charge in [-0.05, 0) is 30.3 Å². The third-order valence-electron chi connectivity index (χ3n) is 5.28. The van der Waals surface area contributed by atoms with Crippen molar-refractivity contribution in [2.75, 3.05) is 44.2 Å². The molecule has 1 saturated heterocycles. The van der Waals surface area contributed by atoms with Crippen LogP contribution in [0, 0.1) is 5.92 Å². The van der Waals surface area contributed by atoms with Crippen LogP contribution in [0.15, 0.2) is 64.5 Å². The van der Waals surface area contributed by atoms with Gasteiger partial charge in [0.15, 0.2) is 0 Å². The summed E-state index contributed by atoms with van der Waals surface area (Å²) in [6.45, 7) is 9.82. The molecule has 0 amide bonds. The molecule has 0 bridgehead atoms. The molecule has 0 spiro atoms. The lowest BCUT2D eigenvalue weighted by molar-refractivity contribution is -0.949. The fourth-order valence-corrected chi connectivity index (χ4v) is 5.01. The Morgan fingerprint density at radius 1 is 1.22 bits per heavy atom. The van der Waals surface area contributed by atoms with E-state index in [2.05, 4.69) is 47.5 Å². The van der Waals surface area contributed by atoms with Crippen molar-refractivity contribution in [3.63, 3.8) is 0 Å². The normalized spacial score (nSPS) is 16.5. The predicted octanol–water partition coefficient (Wildman–Crippen LogP) is -0.841. The van der Waals surface area contributed by atoms with E-state index >= 15 is 0 Å². The molecule has 2 aliphatic rings. The number of piperazine rings is 1. The molecule has 0 radical (unpaired) electrons. The van der Waals surface area contributed by atoms with Crippen LogP contribution in [0.1, 0.15) is 6.92 Å². The van der Waals surface area contributed by atoms with Crippen molar-refractivity contribution in [3.8, 4) is 0 Å². The monoisotopic (exact) mass is 457 g/mol. The molecule has 1 atom stereocenters. The van der Waals surface area contributed by atoms with E-state index in [1.807, 2.05) is 24.0 Å². The summed E-state index contributed by atoms with van der Waals surface area (Å²) in [5.41, 5.74) is 1.31. The van der Waals surface area contributed by atoms with Crippen molar-refractivity contribution < 1.29 is 30.0 Å². The van der Waals surface area contributed by atoms with Crippen LogP contribution in [-0.2, 0) is 9.59 Å². The topological polar surface area (TPSA) is 115 Å². The van der Waals surface area contributed by atoms with Crippen molar-refractivity contribution in [1.82, 2.24) is 4.98 Å². The van der Waals surface area contributed by atoms with E-state index in [0.717, 1.165) is 12.4 Å². The second kappa shape index (κ2) is 11.7. The minimum atomic E-state index is -1.51. The molecule has 8 nitrogen and oxygen atoms in total. The molecule has 3 heterocycles. The lowest BCUT2D eigenvalue weighted by Gasteiger charge is -2.34. The van der Waals surface area contributed by atoms with Crippen molar-refractivity contribution in [3.05, 3.63) is 54.7 Å². The van der Waals surface area contributed by atoms with Crippen LogP contribution < -0.4 is 20.2 Å². The number of benzene rings is 1. The summed E-state index contributed by atoms with van der Waals surface area (Å²) in [7, 11) is 0. The number of quaternary nitrogens is 2. The summed E-state index contributed by atoms with van der Waals surface area (Å²) in [6.07, 6.45) is 2.86. The summed E-state index contributed by atoms with van der Waals surface area (Å²) in [4.78, 5) is 30.5. The molecule has 4 rings (SSSR count). The zero-order valence-corrected chi connectivity index (χ0v) is 18.9. The first kappa shape index (κ1) is 23.8. The van der Waals surface area contributed by atoms with Gasteiger partial charge >= 0.3 is 5.97 Å². The third kappa shape index (κ3) is 6.81. The molecule has 4 N–H and O–H groups in total. The Morgan fingerprint density at radius 2 is 1.94 bits per heavy atom. The number of hydrogen-bond acceptors (Lipinski definition) is 6. The number of aliphatic carboxylic acids is 2. The largest absolute Gasteiger partial charge is 0.545 e. The molecular formula is C23H29N4O4S+. The fraction of sp³-hybridized carbons (Fsp3) is 0.348. The summed E-state index contributed by atoms with van der Waals surface area (Å²) in [5.74, 6) is -1.04. The maximum Gasteiger partial charge on any atom is 0.328 e. The number of aromatic nitrogens is 1. The average molecular weight is 458 g/mol. The number of nitrogens with one attached hydrogen (secondary N) is 1. The lowest BCUT2D eigenvalue weighted by Crippen LogP contribution is -3.21. The average Bonchev–Trinajstić information content (AvgIpc) is 2.78. The van der Waals surface area contributed by atoms with Gasteiger partial charge in [0.05, 0.1) is 23.1 Å². The fourth-order valence-electron chi connectivity index (χ4n) is 3.94. The van der Waals surface area contributed by atoms with Gasteiger partial charge in [-0.3, -0.25) is 0 Å². The molecule has 1 fully saturated rings. The molecular weight excluding hydrogens is 428 g/mol. The zero-order chi connectivity index (χ0) is 22.9. The Morgan fingerprint density at radius 3 is 2.62 bits per heavy atom. The summed E-state index contributed by atoms with van der Waals surface area (Å²) < 4.78 is 0. The summed E-state index contributed by atoms with van der Waals surface area (Å²) >= 11 is 1.84. The Balaban J connectivity index is 0.000000312. The molecule has 1 aromatic carbocycles. The van der Waals surface area contributed by atoms with Gasteiger partial charge in [-0.15, -0.1) is 0 Å². The second-order valence-corrected chi connectivity index (χ2v) is 9.01. The predicted molar refractivity (Wildman–Crippen MR) is 120 cm³/mol. The van der Waals surface area contributed by atoms with Crippen molar-refractivity contribution in [2.45, 2.75) is 16.7 Å². The second-order valence-electron chi connectivity index (χ2n) is 7.92. The Hall–Kier alpha value is -2.88. The molecule has 1 aromatic heterocycles. The first-order chi connectivity index (χ1) is 15.4. The van der Waals surface area contributed by atoms with Gasteiger partial charge < -0.3 is 30.1 Å². The number of hydrogen-bond donors (Lipinski definition) is 3. The van der Waals surface area contributed by atoms with E-state index in [9.17, 15) is 14.7 Å². The van der Waals surface area contributed by atoms with E-state index in [-0.39, 0.29) is 0 Å². The first-order valence-electron chi connectivity index (χ1n) is 10.7. The highest BCUT2D eigenvalue weighted by atomic mass is 32.2. The molecule has 9 heteroatoms. The Labute approximate surface area is 191 Å². The van der Waals surface area contributed by atoms with Gasteiger partial charge in [-0.25, -0.2) is 9.78 Å². The highest BCUT2D eigenvalue weighted by Crippen LogP contribution is 2.46. The molecule has 2 aliphatic heterocycles. The first-order valence-corrected chi connectivity index (χ1v) is 11.5. The molecule has 2 aromatic rings. The van der Waals surface area contributed by atoms with Gasteiger partial charge in [0.1, 0.15) is 32.0 Å². The Bertz CT molecular complexity index is 901. The van der Waals surface area contributed by atoms with Crippen LogP contribution in [0.4, 0.5) is 11.5 Å². The SMILES string of the molecule is CC(CN1c2ccccc2Sc2cccnc21)C[NH+]1CC[NH2+]CC1.O=C([O-])/C=C/C(=O)O. The molecule has 0 aliphatic carbocycles. The number of carboxylic acids is 2. The van der Waals surface area contributed by atoms with Crippen LogP contribution in [0.25, 0.3) is 0 Å². The summed E-state index contributed by atoms with van der Waals surface area (Å²) in [6, 6.07) is 12.9. The molecule has 170 valence electrons. The number of nitrogens with two attached hydrogens (primary N) is 1. The minimum Gasteiger partial charge on any atom is -0.545 e. The van der Waals surface area contributed by atoms with Crippen LogP contribution in [0.5, 0.6) is 0 Å². The lowest BCUT2D eigenvalue weighted by atomic mass is 10.1. The minimum absolute atomic E-state index is 0.447. The number of carboxylic acid groups (broad SMARTS) is 2. The number of rotatable bonds is 6. The highest BCUT2D eigenvalue weighted by Gasteiger charge is 2.27. The number of fused-ring (bicyclic) bond motifs is 2. The maximum atomic E-state index is 9.53. The van der Waals surface area contributed by atoms with Crippen molar-refractivity contribution in [2.24, 2.45) is 5.92 Å². The number of pyridine rings is 1. The van der Waals surface area contributed by atoms with E-state index < -0.39 is 11.9 Å². The van der Waals surface area contributed by atoms with Gasteiger partial charge in [0.25, 0.3) is 0 Å². The summed E-state index contributed by atoms with van der Waals surface area (Å²) in [5, 5.41) is 19.7. The van der Waals surface area contributed by atoms with E-state index in [0.29, 0.717) is 18.1 Å². The van der Waals surface area contributed by atoms with E-state index in [1.54, 1.807) is 4.90 Å². The smallest absolute Gasteiger partial charge is 0.328 e. The number of para-hydroxylation sites is 1. The van der Waals surface area contributed by atoms with Gasteiger partial charge in [-0.1, -0.05) is 30.8 Å². The number of nitrogens with zero attached hydrogens (tertiary/aromatic N) is 2. The maximum absolute atomic E-state index is 9.53. The number of carbonyl (C=O) groups excluding carboxylic acids is 1. The Kier molecular flexibility index (Phi) is 8.66. The van der Waals surface area contributed by atoms with Gasteiger partial charge in [0.2, 0.25) is 0 Å². The standard InChI is InChI=1S/C19H24N4S.C4H4O4/c1-15(13-22-11-9-20-10-12-22)14-23-16-5-2-3-6-17(16)24-18-7-4-8-21-19(18)23;5-3(6)1-2-4(7)8/h2-8,15,20H,9-14H2,1H3;1-2H,(H,5,6)(H,7,8)/p+1/b;2-1+. The van der Waals surface area contributed by atoms with Crippen LogP contribution >= 0.6 is 11.8 Å². The van der Waals surface area contributed by atoms with E-state index in [1.165, 1.54) is 48.2 Å². The molecule has 1 unspecified atom stereocenters. The quantitative estimate of drug-likeness (QED) is 0.485. The van der Waals surface area contributed by atoms with Crippen LogP contribution in [0.2, 0.25) is 0 Å². The molecule has 0 saturated carbocycles. The number of carbonyl (C=O) groups is 2.